The summed E-state index contributed by atoms with van der Waals surface area (Å²) in [6.07, 6.45) is 4.61. The van der Waals surface area contributed by atoms with Crippen LogP contribution in [0.5, 0.6) is 0 Å². The molecular formula is C19H20FNO. The summed E-state index contributed by atoms with van der Waals surface area (Å²) < 4.78 is 13.0. The standard InChI is InChI=1S/C19H20FNO/c1-13(14-8-10-18(20)11-9-14)21-19(22)17-7-6-15-4-2-3-5-16(15)12-17/h6-13H,2-5H2,1H3,(H,21,22). The molecule has 2 nitrogen and oxygen atoms in total. The molecule has 0 radical (unpaired) electrons. The zero-order chi connectivity index (χ0) is 15.5. The predicted octanol–water partition coefficient (Wildman–Crippen LogP) is 4.20. The third-order valence-electron chi connectivity index (χ3n) is 4.33. The van der Waals surface area contributed by atoms with E-state index in [0.29, 0.717) is 5.56 Å². The van der Waals surface area contributed by atoms with Crippen LogP contribution in [0, 0.1) is 5.82 Å². The smallest absolute Gasteiger partial charge is 0.251 e. The molecule has 0 heterocycles. The zero-order valence-electron chi connectivity index (χ0n) is 12.7. The average molecular weight is 297 g/mol. The van der Waals surface area contributed by atoms with Crippen molar-refractivity contribution >= 4 is 5.91 Å². The summed E-state index contributed by atoms with van der Waals surface area (Å²) in [5.41, 5.74) is 4.27. The number of hydrogen-bond donors (Lipinski definition) is 1. The minimum absolute atomic E-state index is 0.0785. The number of carbonyl (C=O) groups is 1. The summed E-state index contributed by atoms with van der Waals surface area (Å²) in [6, 6.07) is 12.1. The average Bonchev–Trinajstić information content (AvgIpc) is 2.55. The highest BCUT2D eigenvalue weighted by Gasteiger charge is 2.15. The van der Waals surface area contributed by atoms with Gasteiger partial charge in [-0.15, -0.1) is 0 Å². The minimum atomic E-state index is -0.267. The highest BCUT2D eigenvalue weighted by molar-refractivity contribution is 5.94. The third kappa shape index (κ3) is 3.19. The van der Waals surface area contributed by atoms with E-state index in [-0.39, 0.29) is 17.8 Å². The van der Waals surface area contributed by atoms with Crippen LogP contribution in [0.3, 0.4) is 0 Å². The van der Waals surface area contributed by atoms with Gasteiger partial charge in [-0.25, -0.2) is 4.39 Å². The highest BCUT2D eigenvalue weighted by Crippen LogP contribution is 2.22. The number of rotatable bonds is 3. The molecule has 22 heavy (non-hydrogen) atoms. The number of hydrogen-bond acceptors (Lipinski definition) is 1. The molecular weight excluding hydrogens is 277 g/mol. The molecule has 1 aliphatic carbocycles. The Balaban J connectivity index is 1.72. The van der Waals surface area contributed by atoms with Crippen molar-refractivity contribution in [1.82, 2.24) is 5.32 Å². The number of amides is 1. The van der Waals surface area contributed by atoms with E-state index in [9.17, 15) is 9.18 Å². The lowest BCUT2D eigenvalue weighted by atomic mass is 9.90. The maximum Gasteiger partial charge on any atom is 0.251 e. The van der Waals surface area contributed by atoms with Crippen molar-refractivity contribution < 1.29 is 9.18 Å². The lowest BCUT2D eigenvalue weighted by Gasteiger charge is -2.18. The first-order valence-corrected chi connectivity index (χ1v) is 7.81. The van der Waals surface area contributed by atoms with E-state index in [0.717, 1.165) is 18.4 Å². The molecule has 0 aromatic heterocycles. The Morgan fingerprint density at radius 2 is 1.73 bits per heavy atom. The van der Waals surface area contributed by atoms with Gasteiger partial charge in [-0.05, 0) is 73.6 Å². The molecule has 2 aromatic carbocycles. The quantitative estimate of drug-likeness (QED) is 0.904. The number of carbonyl (C=O) groups excluding carboxylic acids is 1. The molecule has 0 spiro atoms. The van der Waals surface area contributed by atoms with Gasteiger partial charge in [-0.2, -0.15) is 0 Å². The summed E-state index contributed by atoms with van der Waals surface area (Å²) in [6.45, 7) is 1.91. The molecule has 0 fully saturated rings. The first-order chi connectivity index (χ1) is 10.6. The second kappa shape index (κ2) is 6.30. The van der Waals surface area contributed by atoms with Gasteiger partial charge in [0, 0.05) is 5.56 Å². The van der Waals surface area contributed by atoms with E-state index in [4.69, 9.17) is 0 Å². The molecule has 0 saturated carbocycles. The van der Waals surface area contributed by atoms with Gasteiger partial charge >= 0.3 is 0 Å². The highest BCUT2D eigenvalue weighted by atomic mass is 19.1. The van der Waals surface area contributed by atoms with Crippen LogP contribution >= 0.6 is 0 Å². The number of benzene rings is 2. The third-order valence-corrected chi connectivity index (χ3v) is 4.33. The molecule has 0 bridgehead atoms. The van der Waals surface area contributed by atoms with Crippen LogP contribution in [-0.2, 0) is 12.8 Å². The van der Waals surface area contributed by atoms with Crippen LogP contribution in [0.2, 0.25) is 0 Å². The molecule has 3 rings (SSSR count). The molecule has 1 unspecified atom stereocenters. The lowest BCUT2D eigenvalue weighted by molar-refractivity contribution is 0.0939. The molecule has 1 aliphatic rings. The van der Waals surface area contributed by atoms with Crippen LogP contribution in [0.4, 0.5) is 4.39 Å². The summed E-state index contributed by atoms with van der Waals surface area (Å²) in [5.74, 6) is -0.345. The molecule has 1 N–H and O–H groups in total. The maximum absolute atomic E-state index is 13.0. The normalized spacial score (nSPS) is 15.0. The van der Waals surface area contributed by atoms with Crippen molar-refractivity contribution in [2.24, 2.45) is 0 Å². The van der Waals surface area contributed by atoms with Crippen molar-refractivity contribution in [1.29, 1.82) is 0 Å². The summed E-state index contributed by atoms with van der Waals surface area (Å²) in [5, 5.41) is 2.98. The fourth-order valence-corrected chi connectivity index (χ4v) is 2.99. The molecule has 1 amide bonds. The molecule has 114 valence electrons. The Labute approximate surface area is 130 Å². The molecule has 0 saturated heterocycles. The van der Waals surface area contributed by atoms with E-state index >= 15 is 0 Å². The van der Waals surface area contributed by atoms with Gasteiger partial charge in [-0.1, -0.05) is 18.2 Å². The van der Waals surface area contributed by atoms with E-state index in [1.165, 1.54) is 36.1 Å². The Kier molecular flexibility index (Phi) is 4.23. The van der Waals surface area contributed by atoms with Gasteiger partial charge < -0.3 is 5.32 Å². The fraction of sp³-hybridized carbons (Fsp3) is 0.316. The van der Waals surface area contributed by atoms with Gasteiger partial charge in [0.25, 0.3) is 5.91 Å². The Bertz CT molecular complexity index is 678. The van der Waals surface area contributed by atoms with Gasteiger partial charge in [0.1, 0.15) is 5.82 Å². The SMILES string of the molecule is CC(NC(=O)c1ccc2c(c1)CCCC2)c1ccc(F)cc1. The van der Waals surface area contributed by atoms with Crippen LogP contribution in [0.1, 0.15) is 52.9 Å². The molecule has 3 heteroatoms. The predicted molar refractivity (Wildman–Crippen MR) is 85.4 cm³/mol. The fourth-order valence-electron chi connectivity index (χ4n) is 2.99. The monoisotopic (exact) mass is 297 g/mol. The van der Waals surface area contributed by atoms with Gasteiger partial charge in [-0.3, -0.25) is 4.79 Å². The lowest BCUT2D eigenvalue weighted by Crippen LogP contribution is -2.26. The number of aryl methyl sites for hydroxylation is 2. The van der Waals surface area contributed by atoms with Crippen LogP contribution in [0.15, 0.2) is 42.5 Å². The number of fused-ring (bicyclic) bond motifs is 1. The van der Waals surface area contributed by atoms with Crippen molar-refractivity contribution in [3.05, 3.63) is 70.5 Å². The Hall–Kier alpha value is -2.16. The Morgan fingerprint density at radius 3 is 2.45 bits per heavy atom. The second-order valence-corrected chi connectivity index (χ2v) is 5.94. The largest absolute Gasteiger partial charge is 0.346 e. The minimum Gasteiger partial charge on any atom is -0.346 e. The van der Waals surface area contributed by atoms with Crippen LogP contribution in [0.25, 0.3) is 0 Å². The topological polar surface area (TPSA) is 29.1 Å². The van der Waals surface area contributed by atoms with Gasteiger partial charge in [0.15, 0.2) is 0 Å². The first-order valence-electron chi connectivity index (χ1n) is 7.81. The van der Waals surface area contributed by atoms with Gasteiger partial charge in [0.05, 0.1) is 6.04 Å². The Morgan fingerprint density at radius 1 is 1.05 bits per heavy atom. The number of nitrogens with one attached hydrogen (secondary N) is 1. The summed E-state index contributed by atoms with van der Waals surface area (Å²) in [4.78, 5) is 12.4. The van der Waals surface area contributed by atoms with Gasteiger partial charge in [0.2, 0.25) is 0 Å². The van der Waals surface area contributed by atoms with Crippen molar-refractivity contribution in [2.75, 3.05) is 0 Å². The zero-order valence-corrected chi connectivity index (χ0v) is 12.7. The second-order valence-electron chi connectivity index (χ2n) is 5.94. The molecule has 0 aliphatic heterocycles. The van der Waals surface area contributed by atoms with Crippen molar-refractivity contribution in [3.63, 3.8) is 0 Å². The molecule has 1 atom stereocenters. The van der Waals surface area contributed by atoms with E-state index in [1.807, 2.05) is 19.1 Å². The molecule has 2 aromatic rings. The van der Waals surface area contributed by atoms with Crippen LogP contribution in [-0.4, -0.2) is 5.91 Å². The van der Waals surface area contributed by atoms with E-state index in [1.54, 1.807) is 12.1 Å². The van der Waals surface area contributed by atoms with E-state index < -0.39 is 0 Å². The summed E-state index contributed by atoms with van der Waals surface area (Å²) in [7, 11) is 0. The summed E-state index contributed by atoms with van der Waals surface area (Å²) >= 11 is 0. The number of halogens is 1. The van der Waals surface area contributed by atoms with Crippen molar-refractivity contribution in [2.45, 2.75) is 38.6 Å². The van der Waals surface area contributed by atoms with E-state index in [2.05, 4.69) is 11.4 Å². The first kappa shape index (κ1) is 14.8. The maximum atomic E-state index is 13.0. The van der Waals surface area contributed by atoms with Crippen LogP contribution < -0.4 is 5.32 Å². The van der Waals surface area contributed by atoms with Crippen molar-refractivity contribution in [3.8, 4) is 0 Å².